The molecule has 0 aliphatic heterocycles. The normalized spacial score (nSPS) is 10.5. The molecule has 0 saturated carbocycles. The Morgan fingerprint density at radius 2 is 2.00 bits per heavy atom. The average Bonchev–Trinajstić information content (AvgIpc) is 2.09. The Labute approximate surface area is 102 Å². The Balaban J connectivity index is 3.17. The van der Waals surface area contributed by atoms with Gasteiger partial charge in [-0.2, -0.15) is 8.78 Å². The number of ether oxygens (including phenoxy) is 1. The molecule has 0 unspecified atom stereocenters. The molecule has 1 aromatic carbocycles. The maximum absolute atomic E-state index is 12.0. The van der Waals surface area contributed by atoms with E-state index in [1.54, 1.807) is 0 Å². The van der Waals surface area contributed by atoms with Crippen LogP contribution in [0.1, 0.15) is 17.3 Å². The number of benzene rings is 1. The van der Waals surface area contributed by atoms with Crippen LogP contribution in [0, 0.1) is 0 Å². The minimum atomic E-state index is -2.90. The Morgan fingerprint density at radius 3 is 2.47 bits per heavy atom. The number of Topliss-reactive ketones (excluding diaryl/α,β-unsaturated/α-hetero) is 1. The van der Waals surface area contributed by atoms with Gasteiger partial charge in [0.05, 0.1) is 0 Å². The van der Waals surface area contributed by atoms with Crippen molar-refractivity contribution in [3.05, 3.63) is 26.6 Å². The zero-order valence-corrected chi connectivity index (χ0v) is 10.7. The number of alkyl halides is 2. The van der Waals surface area contributed by atoms with Crippen LogP contribution in [-0.2, 0) is 0 Å². The highest BCUT2D eigenvalue weighted by atomic mass is 79.9. The molecule has 0 fully saturated rings. The van der Waals surface area contributed by atoms with Crippen LogP contribution in [0.25, 0.3) is 0 Å². The van der Waals surface area contributed by atoms with Crippen LogP contribution in [-0.4, -0.2) is 12.4 Å². The van der Waals surface area contributed by atoms with Crippen LogP contribution >= 0.6 is 31.9 Å². The van der Waals surface area contributed by atoms with Crippen LogP contribution in [0.2, 0.25) is 0 Å². The molecule has 0 aliphatic carbocycles. The molecule has 0 radical (unpaired) electrons. The molecule has 0 N–H and O–H groups in total. The van der Waals surface area contributed by atoms with E-state index < -0.39 is 6.61 Å². The first-order chi connectivity index (χ1) is 6.91. The maximum Gasteiger partial charge on any atom is 0.387 e. The van der Waals surface area contributed by atoms with Crippen molar-refractivity contribution >= 4 is 37.6 Å². The van der Waals surface area contributed by atoms with Gasteiger partial charge >= 0.3 is 6.61 Å². The molecule has 0 saturated heterocycles. The van der Waals surface area contributed by atoms with Gasteiger partial charge in [-0.3, -0.25) is 4.79 Å². The first-order valence-corrected chi connectivity index (χ1v) is 5.45. The van der Waals surface area contributed by atoms with Crippen LogP contribution < -0.4 is 4.74 Å². The smallest absolute Gasteiger partial charge is 0.387 e. The van der Waals surface area contributed by atoms with Crippen molar-refractivity contribution < 1.29 is 18.3 Å². The highest BCUT2D eigenvalue weighted by Crippen LogP contribution is 2.32. The average molecular weight is 344 g/mol. The molecule has 1 aromatic rings. The number of hydrogen-bond donors (Lipinski definition) is 0. The molecular weight excluding hydrogens is 338 g/mol. The lowest BCUT2D eigenvalue weighted by Crippen LogP contribution is -2.04. The number of rotatable bonds is 3. The molecule has 1 rings (SSSR count). The van der Waals surface area contributed by atoms with E-state index in [0.29, 0.717) is 14.5 Å². The molecule has 0 amide bonds. The van der Waals surface area contributed by atoms with E-state index in [9.17, 15) is 13.6 Å². The van der Waals surface area contributed by atoms with Gasteiger partial charge in [0.1, 0.15) is 5.75 Å². The van der Waals surface area contributed by atoms with E-state index in [1.807, 2.05) is 0 Å². The van der Waals surface area contributed by atoms with Crippen molar-refractivity contribution in [1.82, 2.24) is 0 Å². The van der Waals surface area contributed by atoms with Gasteiger partial charge in [-0.05, 0) is 50.9 Å². The van der Waals surface area contributed by atoms with Crippen LogP contribution in [0.5, 0.6) is 5.75 Å². The second kappa shape index (κ2) is 5.03. The lowest BCUT2D eigenvalue weighted by atomic mass is 10.1. The van der Waals surface area contributed by atoms with Gasteiger partial charge in [0.15, 0.2) is 5.78 Å². The fourth-order valence-corrected chi connectivity index (χ4v) is 1.94. The summed E-state index contributed by atoms with van der Waals surface area (Å²) in [6.07, 6.45) is 0. The highest BCUT2D eigenvalue weighted by Gasteiger charge is 2.13. The topological polar surface area (TPSA) is 26.3 Å². The first-order valence-electron chi connectivity index (χ1n) is 3.86. The molecular formula is C9H6Br2F2O2. The van der Waals surface area contributed by atoms with Crippen molar-refractivity contribution in [3.63, 3.8) is 0 Å². The van der Waals surface area contributed by atoms with E-state index in [1.165, 1.54) is 19.1 Å². The van der Waals surface area contributed by atoms with Crippen molar-refractivity contribution in [2.75, 3.05) is 0 Å². The quantitative estimate of drug-likeness (QED) is 0.775. The van der Waals surface area contributed by atoms with Gasteiger partial charge in [-0.25, -0.2) is 0 Å². The third-order valence-electron chi connectivity index (χ3n) is 1.61. The number of carbonyl (C=O) groups excluding carboxylic acids is 1. The van der Waals surface area contributed by atoms with Gasteiger partial charge in [0, 0.05) is 14.5 Å². The minimum absolute atomic E-state index is 0.0507. The van der Waals surface area contributed by atoms with E-state index in [-0.39, 0.29) is 11.5 Å². The summed E-state index contributed by atoms with van der Waals surface area (Å²) < 4.78 is 29.1. The molecule has 0 heterocycles. The van der Waals surface area contributed by atoms with Crippen LogP contribution in [0.3, 0.4) is 0 Å². The predicted molar refractivity (Wildman–Crippen MR) is 58.5 cm³/mol. The second-order valence-electron chi connectivity index (χ2n) is 2.70. The molecule has 82 valence electrons. The third-order valence-corrected chi connectivity index (χ3v) is 3.62. The molecule has 0 spiro atoms. The standard InChI is InChI=1S/C9H6Br2F2O2/c1-4(14)6-2-5(15-9(12)13)3-7(10)8(6)11/h2-3,9H,1H3. The fourth-order valence-electron chi connectivity index (χ4n) is 0.991. The Bertz CT molecular complexity index is 394. The van der Waals surface area contributed by atoms with Gasteiger partial charge in [0.25, 0.3) is 0 Å². The highest BCUT2D eigenvalue weighted by molar-refractivity contribution is 9.13. The first kappa shape index (κ1) is 12.6. The molecule has 2 nitrogen and oxygen atoms in total. The molecule has 0 atom stereocenters. The number of carbonyl (C=O) groups is 1. The zero-order valence-electron chi connectivity index (χ0n) is 7.56. The van der Waals surface area contributed by atoms with Crippen molar-refractivity contribution in [2.45, 2.75) is 13.5 Å². The van der Waals surface area contributed by atoms with Crippen LogP contribution in [0.15, 0.2) is 21.1 Å². The number of hydrogen-bond acceptors (Lipinski definition) is 2. The number of halogens is 4. The largest absolute Gasteiger partial charge is 0.435 e. The summed E-state index contributed by atoms with van der Waals surface area (Å²) >= 11 is 6.30. The van der Waals surface area contributed by atoms with E-state index in [2.05, 4.69) is 36.6 Å². The fraction of sp³-hybridized carbons (Fsp3) is 0.222. The SMILES string of the molecule is CC(=O)c1cc(OC(F)F)cc(Br)c1Br. The predicted octanol–water partition coefficient (Wildman–Crippen LogP) is 4.02. The van der Waals surface area contributed by atoms with Gasteiger partial charge in [0.2, 0.25) is 0 Å². The zero-order chi connectivity index (χ0) is 11.6. The maximum atomic E-state index is 12.0. The van der Waals surface area contributed by atoms with E-state index in [4.69, 9.17) is 0 Å². The van der Waals surface area contributed by atoms with Crippen molar-refractivity contribution in [1.29, 1.82) is 0 Å². The van der Waals surface area contributed by atoms with E-state index >= 15 is 0 Å². The summed E-state index contributed by atoms with van der Waals surface area (Å²) in [7, 11) is 0. The van der Waals surface area contributed by atoms with Gasteiger partial charge < -0.3 is 4.74 Å². The van der Waals surface area contributed by atoms with Crippen molar-refractivity contribution in [3.8, 4) is 5.75 Å². The molecule has 0 aliphatic rings. The van der Waals surface area contributed by atoms with Crippen molar-refractivity contribution in [2.24, 2.45) is 0 Å². The Morgan fingerprint density at radius 1 is 1.40 bits per heavy atom. The Hall–Kier alpha value is -0.490. The summed E-state index contributed by atoms with van der Waals surface area (Å²) in [6.45, 7) is -1.56. The lowest BCUT2D eigenvalue weighted by Gasteiger charge is -2.08. The summed E-state index contributed by atoms with van der Waals surface area (Å²) in [5.41, 5.74) is 0.292. The third kappa shape index (κ3) is 3.24. The molecule has 0 aromatic heterocycles. The molecule has 0 bridgehead atoms. The minimum Gasteiger partial charge on any atom is -0.435 e. The monoisotopic (exact) mass is 342 g/mol. The van der Waals surface area contributed by atoms with E-state index in [0.717, 1.165) is 0 Å². The summed E-state index contributed by atoms with van der Waals surface area (Å²) in [4.78, 5) is 11.2. The van der Waals surface area contributed by atoms with Crippen LogP contribution in [0.4, 0.5) is 8.78 Å². The second-order valence-corrected chi connectivity index (χ2v) is 4.35. The number of ketones is 1. The van der Waals surface area contributed by atoms with Gasteiger partial charge in [-0.1, -0.05) is 0 Å². The molecule has 6 heteroatoms. The summed E-state index contributed by atoms with van der Waals surface area (Å²) in [6, 6.07) is 2.63. The summed E-state index contributed by atoms with van der Waals surface area (Å²) in [5, 5.41) is 0. The summed E-state index contributed by atoms with van der Waals surface area (Å²) in [5.74, 6) is -0.285. The lowest BCUT2D eigenvalue weighted by molar-refractivity contribution is -0.0499. The van der Waals surface area contributed by atoms with Gasteiger partial charge in [-0.15, -0.1) is 0 Å². The Kier molecular flexibility index (Phi) is 4.21. The molecule has 15 heavy (non-hydrogen) atoms.